The number of carbonyl (C=O) groups is 2. The van der Waals surface area contributed by atoms with Crippen LogP contribution < -0.4 is 9.44 Å². The van der Waals surface area contributed by atoms with Gasteiger partial charge in [-0.1, -0.05) is 43.7 Å². The third-order valence-corrected chi connectivity index (χ3v) is 4.33. The first kappa shape index (κ1) is 19.9. The van der Waals surface area contributed by atoms with Crippen LogP contribution in [0.3, 0.4) is 0 Å². The molecule has 1 rings (SSSR count). The summed E-state index contributed by atoms with van der Waals surface area (Å²) in [4.78, 5) is 23.5. The predicted octanol–water partition coefficient (Wildman–Crippen LogP) is 1.48. The minimum atomic E-state index is -4.30. The number of rotatable bonds is 8. The number of benzene rings is 1. The average molecular weight is 358 g/mol. The molecule has 1 amide bonds. The summed E-state index contributed by atoms with van der Waals surface area (Å²) in [7, 11) is -3.14. The Balaban J connectivity index is 2.67. The lowest BCUT2D eigenvalue weighted by Gasteiger charge is -2.26. The van der Waals surface area contributed by atoms with Gasteiger partial charge in [0.25, 0.3) is 0 Å². The molecule has 1 atom stereocenters. The Morgan fingerprint density at radius 2 is 1.83 bits per heavy atom. The number of nitrogens with one attached hydrogen (secondary N) is 2. The summed E-state index contributed by atoms with van der Waals surface area (Å²) in [5.74, 6) is -0.743. The Morgan fingerprint density at radius 1 is 1.21 bits per heavy atom. The molecule has 0 saturated heterocycles. The van der Waals surface area contributed by atoms with Crippen molar-refractivity contribution in [3.8, 4) is 0 Å². The molecule has 2 N–H and O–H groups in total. The van der Waals surface area contributed by atoms with Crippen LogP contribution >= 0.6 is 0 Å². The fraction of sp³-hybridized carbons (Fsp3) is 0.467. The van der Waals surface area contributed by atoms with Gasteiger partial charge in [-0.3, -0.25) is 4.79 Å². The summed E-state index contributed by atoms with van der Waals surface area (Å²) in [5, 5.41) is 0. The van der Waals surface area contributed by atoms with Gasteiger partial charge < -0.3 is 9.47 Å². The van der Waals surface area contributed by atoms with E-state index in [1.807, 2.05) is 0 Å². The van der Waals surface area contributed by atoms with Gasteiger partial charge in [0.1, 0.15) is 12.1 Å². The zero-order valence-corrected chi connectivity index (χ0v) is 14.7. The second kappa shape index (κ2) is 8.65. The van der Waals surface area contributed by atoms with E-state index in [2.05, 4.69) is 9.46 Å². The van der Waals surface area contributed by atoms with Crippen molar-refractivity contribution in [1.29, 1.82) is 0 Å². The lowest BCUT2D eigenvalue weighted by Crippen LogP contribution is -2.56. The zero-order valence-electron chi connectivity index (χ0n) is 13.9. The van der Waals surface area contributed by atoms with Gasteiger partial charge in [0.15, 0.2) is 0 Å². The van der Waals surface area contributed by atoms with Crippen LogP contribution in [0.25, 0.3) is 0 Å². The van der Waals surface area contributed by atoms with Gasteiger partial charge in [0.05, 0.1) is 7.11 Å². The van der Waals surface area contributed by atoms with Gasteiger partial charge in [-0.05, 0) is 18.9 Å². The van der Waals surface area contributed by atoms with Crippen molar-refractivity contribution in [2.24, 2.45) is 0 Å². The molecule has 0 aromatic heterocycles. The molecule has 24 heavy (non-hydrogen) atoms. The Labute approximate surface area is 141 Å². The summed E-state index contributed by atoms with van der Waals surface area (Å²) in [5.41, 5.74) is -0.766. The van der Waals surface area contributed by atoms with Crippen molar-refractivity contribution in [3.05, 3.63) is 35.9 Å². The molecular formula is C15H22N2O6S. The number of carbonyl (C=O) groups excluding carboxylic acids is 2. The lowest BCUT2D eigenvalue weighted by molar-refractivity contribution is -0.147. The van der Waals surface area contributed by atoms with Crippen molar-refractivity contribution in [2.45, 2.75) is 38.8 Å². The number of ether oxygens (including phenoxy) is 2. The summed E-state index contributed by atoms with van der Waals surface area (Å²) < 4.78 is 37.4. The van der Waals surface area contributed by atoms with Crippen molar-refractivity contribution >= 4 is 22.3 Å². The zero-order chi connectivity index (χ0) is 18.2. The smallest absolute Gasteiger partial charge is 0.422 e. The maximum Gasteiger partial charge on any atom is 0.422 e. The van der Waals surface area contributed by atoms with Gasteiger partial charge in [-0.25, -0.2) is 9.52 Å². The topological polar surface area (TPSA) is 111 Å². The maximum atomic E-state index is 12.0. The number of esters is 1. The molecule has 8 nitrogen and oxygen atoms in total. The van der Waals surface area contributed by atoms with Crippen molar-refractivity contribution in [2.75, 3.05) is 7.11 Å². The average Bonchev–Trinajstić information content (AvgIpc) is 2.52. The van der Waals surface area contributed by atoms with Gasteiger partial charge >= 0.3 is 22.3 Å². The molecule has 1 unspecified atom stereocenters. The van der Waals surface area contributed by atoms with E-state index in [-0.39, 0.29) is 13.0 Å². The van der Waals surface area contributed by atoms with Crippen molar-refractivity contribution < 1.29 is 27.5 Å². The fourth-order valence-electron chi connectivity index (χ4n) is 2.10. The fourth-order valence-corrected chi connectivity index (χ4v) is 3.21. The molecule has 0 saturated carbocycles. The van der Waals surface area contributed by atoms with Crippen LogP contribution in [0.5, 0.6) is 0 Å². The third kappa shape index (κ3) is 6.17. The molecule has 9 heteroatoms. The van der Waals surface area contributed by atoms with E-state index in [0.717, 1.165) is 7.11 Å². The van der Waals surface area contributed by atoms with Crippen molar-refractivity contribution in [3.63, 3.8) is 0 Å². The van der Waals surface area contributed by atoms with Crippen LogP contribution in [-0.2, 0) is 31.1 Å². The maximum absolute atomic E-state index is 12.0. The second-order valence-corrected chi connectivity index (χ2v) is 6.76. The minimum Gasteiger partial charge on any atom is -0.468 e. The second-order valence-electron chi connectivity index (χ2n) is 5.34. The largest absolute Gasteiger partial charge is 0.468 e. The molecule has 0 fully saturated rings. The van der Waals surface area contributed by atoms with Crippen molar-refractivity contribution in [1.82, 2.24) is 9.44 Å². The lowest BCUT2D eigenvalue weighted by atomic mass is 9.98. The summed E-state index contributed by atoms with van der Waals surface area (Å²) in [6.45, 7) is 3.10. The molecule has 134 valence electrons. The minimum absolute atomic E-state index is 0.0780. The SMILES string of the molecule is CCCC(C)(NS(=O)(=O)NC(=O)OCc1ccccc1)C(=O)OC. The monoisotopic (exact) mass is 358 g/mol. The molecule has 0 heterocycles. The molecule has 0 radical (unpaired) electrons. The van der Waals surface area contributed by atoms with Crippen LogP contribution in [0.4, 0.5) is 4.79 Å². The molecule has 1 aromatic carbocycles. The third-order valence-electron chi connectivity index (χ3n) is 3.18. The standard InChI is InChI=1S/C15H22N2O6S/c1-4-10-15(2,13(18)22-3)17-24(20,21)16-14(19)23-11-12-8-6-5-7-9-12/h5-9,17H,4,10-11H2,1-3H3,(H,16,19). The predicted molar refractivity (Wildman–Crippen MR) is 87.1 cm³/mol. The van der Waals surface area contributed by atoms with Gasteiger partial charge in [0.2, 0.25) is 0 Å². The van der Waals surface area contributed by atoms with Crippen LogP contribution in [-0.4, -0.2) is 33.1 Å². The Hall–Kier alpha value is -2.13. The highest BCUT2D eigenvalue weighted by atomic mass is 32.2. The quantitative estimate of drug-likeness (QED) is 0.681. The van der Waals surface area contributed by atoms with E-state index in [0.29, 0.717) is 12.0 Å². The molecule has 0 aliphatic rings. The summed E-state index contributed by atoms with van der Waals surface area (Å²) >= 11 is 0. The molecule has 0 bridgehead atoms. The first-order valence-electron chi connectivity index (χ1n) is 7.33. The Morgan fingerprint density at radius 3 is 2.38 bits per heavy atom. The van der Waals surface area contributed by atoms with Gasteiger partial charge in [-0.2, -0.15) is 13.1 Å². The number of hydrogen-bond acceptors (Lipinski definition) is 6. The van der Waals surface area contributed by atoms with E-state index in [1.54, 1.807) is 42.0 Å². The normalized spacial score (nSPS) is 13.6. The van der Waals surface area contributed by atoms with E-state index in [1.165, 1.54) is 6.92 Å². The molecule has 0 aliphatic heterocycles. The molecule has 0 aliphatic carbocycles. The number of methoxy groups -OCH3 is 1. The van der Waals surface area contributed by atoms with Gasteiger partial charge in [-0.15, -0.1) is 0 Å². The van der Waals surface area contributed by atoms with E-state index >= 15 is 0 Å². The number of amides is 1. The van der Waals surface area contributed by atoms with Crippen LogP contribution in [0.2, 0.25) is 0 Å². The first-order chi connectivity index (χ1) is 11.2. The first-order valence-corrected chi connectivity index (χ1v) is 8.81. The highest BCUT2D eigenvalue weighted by Gasteiger charge is 2.38. The van der Waals surface area contributed by atoms with Crippen LogP contribution in [0.15, 0.2) is 30.3 Å². The Kier molecular flexibility index (Phi) is 7.18. The Bertz CT molecular complexity index is 662. The molecular weight excluding hydrogens is 336 g/mol. The molecule has 1 aromatic rings. The van der Waals surface area contributed by atoms with Gasteiger partial charge in [0, 0.05) is 0 Å². The van der Waals surface area contributed by atoms with E-state index in [9.17, 15) is 18.0 Å². The highest BCUT2D eigenvalue weighted by Crippen LogP contribution is 2.15. The van der Waals surface area contributed by atoms with Crippen LogP contribution in [0.1, 0.15) is 32.3 Å². The summed E-state index contributed by atoms with van der Waals surface area (Å²) in [6.07, 6.45) is -0.401. The number of hydrogen-bond donors (Lipinski definition) is 2. The molecule has 0 spiro atoms. The highest BCUT2D eigenvalue weighted by molar-refractivity contribution is 7.88. The van der Waals surface area contributed by atoms with Crippen LogP contribution in [0, 0.1) is 0 Å². The summed E-state index contributed by atoms with van der Waals surface area (Å²) in [6, 6.07) is 8.80. The van der Waals surface area contributed by atoms with E-state index < -0.39 is 27.8 Å². The van der Waals surface area contributed by atoms with E-state index in [4.69, 9.17) is 4.74 Å².